The smallest absolute Gasteiger partial charge is 0.245 e. The van der Waals surface area contributed by atoms with Crippen LogP contribution in [0.4, 0.5) is 17.3 Å². The van der Waals surface area contributed by atoms with Gasteiger partial charge in [0.1, 0.15) is 0 Å². The number of fused-ring (bicyclic) bond motifs is 1. The highest BCUT2D eigenvalue weighted by atomic mass is 16.2. The zero-order valence-electron chi connectivity index (χ0n) is 15.4. The number of aromatic nitrogens is 5. The molecule has 4 aromatic rings. The Labute approximate surface area is 161 Å². The largest absolute Gasteiger partial charge is 0.323 e. The standard InChI is InChI=1S/C20H19N7O/c1-25-13-14(11-22-25)18-8-7-17-12-21-20(24-27(17)18)23-15-4-2-5-16(10-15)26-9-3-6-19(26)28/h2,4-5,7-8,10-13H,3,6,9H2,1H3,(H,23,24). The Morgan fingerprint density at radius 1 is 1.14 bits per heavy atom. The van der Waals surface area contributed by atoms with Crippen molar-refractivity contribution in [3.05, 3.63) is 55.0 Å². The summed E-state index contributed by atoms with van der Waals surface area (Å²) in [7, 11) is 1.89. The van der Waals surface area contributed by atoms with E-state index in [1.807, 2.05) is 65.3 Å². The summed E-state index contributed by atoms with van der Waals surface area (Å²) < 4.78 is 3.61. The van der Waals surface area contributed by atoms with Crippen LogP contribution in [0.5, 0.6) is 0 Å². The minimum absolute atomic E-state index is 0.170. The molecule has 1 aromatic carbocycles. The van der Waals surface area contributed by atoms with Gasteiger partial charge in [-0.2, -0.15) is 5.10 Å². The third-order valence-corrected chi connectivity index (χ3v) is 4.89. The molecular weight excluding hydrogens is 354 g/mol. The number of nitrogens with zero attached hydrogens (tertiary/aromatic N) is 6. The van der Waals surface area contributed by atoms with Gasteiger partial charge in [0, 0.05) is 43.1 Å². The molecule has 0 aliphatic carbocycles. The number of nitrogens with one attached hydrogen (secondary N) is 1. The number of rotatable bonds is 4. The molecule has 1 aliphatic rings. The lowest BCUT2D eigenvalue weighted by Gasteiger charge is -2.16. The first-order chi connectivity index (χ1) is 13.7. The maximum absolute atomic E-state index is 12.0. The number of aryl methyl sites for hydroxylation is 1. The van der Waals surface area contributed by atoms with Crippen molar-refractivity contribution in [2.24, 2.45) is 7.05 Å². The van der Waals surface area contributed by atoms with E-state index in [0.29, 0.717) is 12.4 Å². The van der Waals surface area contributed by atoms with Gasteiger partial charge in [-0.3, -0.25) is 9.48 Å². The number of anilines is 3. The SMILES string of the molecule is Cn1cc(-c2ccc3cnc(Nc4cccc(N5CCCC5=O)c4)nn23)cn1. The molecule has 0 bridgehead atoms. The van der Waals surface area contributed by atoms with Crippen molar-refractivity contribution < 1.29 is 4.79 Å². The van der Waals surface area contributed by atoms with E-state index in [4.69, 9.17) is 0 Å². The van der Waals surface area contributed by atoms with Crippen LogP contribution in [0.15, 0.2) is 55.0 Å². The van der Waals surface area contributed by atoms with Crippen molar-refractivity contribution >= 4 is 28.7 Å². The van der Waals surface area contributed by atoms with Gasteiger partial charge in [0.25, 0.3) is 0 Å². The van der Waals surface area contributed by atoms with Gasteiger partial charge >= 0.3 is 0 Å². The van der Waals surface area contributed by atoms with E-state index >= 15 is 0 Å². The summed E-state index contributed by atoms with van der Waals surface area (Å²) in [6, 6.07) is 11.8. The van der Waals surface area contributed by atoms with Crippen LogP contribution in [0, 0.1) is 0 Å². The summed E-state index contributed by atoms with van der Waals surface area (Å²) in [5.41, 5.74) is 4.57. The van der Waals surface area contributed by atoms with E-state index in [1.54, 1.807) is 10.9 Å². The number of hydrogen-bond donors (Lipinski definition) is 1. The minimum atomic E-state index is 0.170. The molecule has 28 heavy (non-hydrogen) atoms. The number of carbonyl (C=O) groups excluding carboxylic acids is 1. The first-order valence-corrected chi connectivity index (χ1v) is 9.19. The topological polar surface area (TPSA) is 80.4 Å². The Morgan fingerprint density at radius 2 is 2.07 bits per heavy atom. The van der Waals surface area contributed by atoms with Crippen LogP contribution in [0.3, 0.4) is 0 Å². The summed E-state index contributed by atoms with van der Waals surface area (Å²) in [4.78, 5) is 18.2. The third kappa shape index (κ3) is 2.88. The molecule has 0 saturated carbocycles. The fraction of sp³-hybridized carbons (Fsp3) is 0.200. The highest BCUT2D eigenvalue weighted by molar-refractivity contribution is 5.95. The van der Waals surface area contributed by atoms with Gasteiger partial charge in [-0.15, -0.1) is 5.10 Å². The average Bonchev–Trinajstić information content (AvgIpc) is 3.41. The van der Waals surface area contributed by atoms with Gasteiger partial charge in [-0.25, -0.2) is 9.50 Å². The van der Waals surface area contributed by atoms with Gasteiger partial charge < -0.3 is 10.2 Å². The van der Waals surface area contributed by atoms with Crippen molar-refractivity contribution in [2.45, 2.75) is 12.8 Å². The summed E-state index contributed by atoms with van der Waals surface area (Å²) in [5, 5.41) is 12.1. The van der Waals surface area contributed by atoms with Crippen molar-refractivity contribution in [3.8, 4) is 11.3 Å². The fourth-order valence-electron chi connectivity index (χ4n) is 3.53. The van der Waals surface area contributed by atoms with Crippen molar-refractivity contribution in [1.29, 1.82) is 0 Å². The molecule has 5 rings (SSSR count). The second kappa shape index (κ2) is 6.49. The minimum Gasteiger partial charge on any atom is -0.323 e. The molecule has 4 heterocycles. The Hall–Kier alpha value is -3.68. The van der Waals surface area contributed by atoms with Crippen LogP contribution in [-0.4, -0.2) is 36.8 Å². The Balaban J connectivity index is 1.46. The van der Waals surface area contributed by atoms with E-state index in [9.17, 15) is 4.79 Å². The molecule has 1 saturated heterocycles. The lowest BCUT2D eigenvalue weighted by atomic mass is 10.2. The van der Waals surface area contributed by atoms with Gasteiger partial charge in [0.05, 0.1) is 23.6 Å². The van der Waals surface area contributed by atoms with Crippen LogP contribution in [-0.2, 0) is 11.8 Å². The molecule has 1 aliphatic heterocycles. The lowest BCUT2D eigenvalue weighted by molar-refractivity contribution is -0.117. The summed E-state index contributed by atoms with van der Waals surface area (Å²) in [5.74, 6) is 0.655. The molecule has 140 valence electrons. The normalized spacial score (nSPS) is 14.2. The van der Waals surface area contributed by atoms with Crippen LogP contribution < -0.4 is 10.2 Å². The average molecular weight is 373 g/mol. The molecule has 1 fully saturated rings. The predicted octanol–water partition coefficient (Wildman–Crippen LogP) is 3.00. The quantitative estimate of drug-likeness (QED) is 0.595. The fourth-order valence-corrected chi connectivity index (χ4v) is 3.53. The second-order valence-electron chi connectivity index (χ2n) is 6.86. The predicted molar refractivity (Wildman–Crippen MR) is 107 cm³/mol. The molecule has 0 spiro atoms. The molecule has 0 atom stereocenters. The highest BCUT2D eigenvalue weighted by Crippen LogP contribution is 2.26. The maximum atomic E-state index is 12.0. The zero-order valence-corrected chi connectivity index (χ0v) is 15.4. The lowest BCUT2D eigenvalue weighted by Crippen LogP contribution is -2.23. The van der Waals surface area contributed by atoms with Crippen LogP contribution >= 0.6 is 0 Å². The maximum Gasteiger partial charge on any atom is 0.245 e. The number of benzene rings is 1. The molecule has 3 aromatic heterocycles. The van der Waals surface area contributed by atoms with Gasteiger partial charge in [0.2, 0.25) is 11.9 Å². The number of amides is 1. The van der Waals surface area contributed by atoms with Gasteiger partial charge in [-0.1, -0.05) is 6.07 Å². The van der Waals surface area contributed by atoms with E-state index in [1.165, 1.54) is 0 Å². The van der Waals surface area contributed by atoms with Crippen molar-refractivity contribution in [3.63, 3.8) is 0 Å². The molecule has 8 nitrogen and oxygen atoms in total. The molecule has 0 unspecified atom stereocenters. The molecule has 1 N–H and O–H groups in total. The first kappa shape index (κ1) is 16.5. The zero-order chi connectivity index (χ0) is 19.1. The first-order valence-electron chi connectivity index (χ1n) is 9.19. The van der Waals surface area contributed by atoms with Gasteiger partial charge in [0.15, 0.2) is 0 Å². The Kier molecular flexibility index (Phi) is 3.82. The molecular formula is C20H19N7O. The summed E-state index contributed by atoms with van der Waals surface area (Å²) in [6.07, 6.45) is 7.06. The van der Waals surface area contributed by atoms with Crippen LogP contribution in [0.1, 0.15) is 12.8 Å². The number of hydrogen-bond acceptors (Lipinski definition) is 5. The van der Waals surface area contributed by atoms with Crippen molar-refractivity contribution in [2.75, 3.05) is 16.8 Å². The van der Waals surface area contributed by atoms with E-state index in [2.05, 4.69) is 20.5 Å². The summed E-state index contributed by atoms with van der Waals surface area (Å²) in [6.45, 7) is 0.766. The molecule has 0 radical (unpaired) electrons. The van der Waals surface area contributed by atoms with Crippen LogP contribution in [0.2, 0.25) is 0 Å². The van der Waals surface area contributed by atoms with E-state index in [-0.39, 0.29) is 5.91 Å². The Bertz CT molecular complexity index is 1180. The molecule has 8 heteroatoms. The monoisotopic (exact) mass is 373 g/mol. The van der Waals surface area contributed by atoms with Crippen LogP contribution in [0.25, 0.3) is 16.8 Å². The summed E-state index contributed by atoms with van der Waals surface area (Å²) >= 11 is 0. The van der Waals surface area contributed by atoms with E-state index in [0.717, 1.165) is 41.1 Å². The number of carbonyl (C=O) groups is 1. The van der Waals surface area contributed by atoms with Crippen molar-refractivity contribution in [1.82, 2.24) is 24.4 Å². The van der Waals surface area contributed by atoms with Gasteiger partial charge in [-0.05, 0) is 36.8 Å². The Morgan fingerprint density at radius 3 is 2.86 bits per heavy atom. The van der Waals surface area contributed by atoms with E-state index < -0.39 is 0 Å². The second-order valence-corrected chi connectivity index (χ2v) is 6.86. The third-order valence-electron chi connectivity index (χ3n) is 4.89. The highest BCUT2D eigenvalue weighted by Gasteiger charge is 2.21. The molecule has 1 amide bonds.